The van der Waals surface area contributed by atoms with Crippen molar-refractivity contribution in [1.82, 2.24) is 4.98 Å². The van der Waals surface area contributed by atoms with E-state index in [0.717, 1.165) is 38.5 Å². The summed E-state index contributed by atoms with van der Waals surface area (Å²) in [4.78, 5) is 20.6. The Hall–Kier alpha value is -4.09. The highest BCUT2D eigenvalue weighted by Crippen LogP contribution is 2.35. The van der Waals surface area contributed by atoms with Gasteiger partial charge in [-0.05, 0) is 53.1 Å². The molecular weight excluding hydrogens is 428 g/mol. The predicted octanol–water partition coefficient (Wildman–Crippen LogP) is 7.31. The molecule has 4 nitrogen and oxygen atoms in total. The van der Waals surface area contributed by atoms with Gasteiger partial charge in [0.2, 0.25) is 0 Å². The lowest BCUT2D eigenvalue weighted by molar-refractivity contribution is -0.131. The van der Waals surface area contributed by atoms with Gasteiger partial charge in [-0.3, -0.25) is 9.79 Å². The van der Waals surface area contributed by atoms with Gasteiger partial charge in [-0.15, -0.1) is 11.3 Å². The number of hydrogen-bond acceptors (Lipinski definition) is 5. The van der Waals surface area contributed by atoms with Gasteiger partial charge in [0.25, 0.3) is 0 Å². The lowest BCUT2D eigenvalue weighted by Gasteiger charge is -2.05. The second kappa shape index (κ2) is 9.18. The first-order valence-electron chi connectivity index (χ1n) is 10.5. The minimum Gasteiger partial charge on any atom is -0.427 e. The van der Waals surface area contributed by atoms with Crippen LogP contribution in [0.1, 0.15) is 12.5 Å². The van der Waals surface area contributed by atoms with Crippen molar-refractivity contribution in [2.45, 2.75) is 6.92 Å². The Balaban J connectivity index is 1.36. The van der Waals surface area contributed by atoms with Gasteiger partial charge in [-0.1, -0.05) is 60.7 Å². The fraction of sp³-hybridized carbons (Fsp3) is 0.0357. The molecule has 0 atom stereocenters. The van der Waals surface area contributed by atoms with Gasteiger partial charge in [0.1, 0.15) is 10.8 Å². The molecule has 0 aliphatic carbocycles. The van der Waals surface area contributed by atoms with Crippen LogP contribution in [0.4, 0.5) is 5.69 Å². The van der Waals surface area contributed by atoms with E-state index in [1.807, 2.05) is 66.9 Å². The number of rotatable bonds is 5. The van der Waals surface area contributed by atoms with E-state index in [9.17, 15) is 4.79 Å². The molecule has 0 spiro atoms. The van der Waals surface area contributed by atoms with E-state index in [2.05, 4.69) is 24.3 Å². The maximum Gasteiger partial charge on any atom is 0.308 e. The number of carbonyl (C=O) groups excluding carboxylic acids is 1. The molecule has 0 saturated heterocycles. The molecule has 5 rings (SSSR count). The molecule has 0 radical (unpaired) electrons. The first-order chi connectivity index (χ1) is 16.2. The third-order valence-corrected chi connectivity index (χ3v) is 6.21. The predicted molar refractivity (Wildman–Crippen MR) is 135 cm³/mol. The van der Waals surface area contributed by atoms with Crippen LogP contribution in [0.25, 0.3) is 31.9 Å². The summed E-state index contributed by atoms with van der Waals surface area (Å²) in [6, 6.07) is 31.9. The topological polar surface area (TPSA) is 51.5 Å². The van der Waals surface area contributed by atoms with Crippen molar-refractivity contribution in [2.75, 3.05) is 0 Å². The quantitative estimate of drug-likeness (QED) is 0.161. The van der Waals surface area contributed by atoms with Crippen molar-refractivity contribution < 1.29 is 9.53 Å². The van der Waals surface area contributed by atoms with Gasteiger partial charge in [-0.2, -0.15) is 0 Å². The molecule has 5 heteroatoms. The standard InChI is InChI=1S/C28H20N2O2S/c1-19(31)32-23-16-14-22(15-17-23)21-12-10-20(11-13-21)18-29-25-7-3-2-6-24(25)28-30-26-8-4-5-9-27(26)33-28/h2-18H,1H3. The number of aliphatic imine (C=N–C) groups is 1. The number of ether oxygens (including phenoxy) is 1. The molecule has 0 aliphatic rings. The van der Waals surface area contributed by atoms with Gasteiger partial charge in [-0.25, -0.2) is 4.98 Å². The lowest BCUT2D eigenvalue weighted by atomic mass is 10.0. The Morgan fingerprint density at radius 2 is 1.52 bits per heavy atom. The van der Waals surface area contributed by atoms with Crippen molar-refractivity contribution in [2.24, 2.45) is 4.99 Å². The number of carbonyl (C=O) groups is 1. The van der Waals surface area contributed by atoms with Gasteiger partial charge in [0, 0.05) is 18.7 Å². The van der Waals surface area contributed by atoms with Crippen LogP contribution in [0, 0.1) is 0 Å². The van der Waals surface area contributed by atoms with Gasteiger partial charge in [0.05, 0.1) is 15.9 Å². The Morgan fingerprint density at radius 3 is 2.24 bits per heavy atom. The van der Waals surface area contributed by atoms with Crippen molar-refractivity contribution in [3.8, 4) is 27.4 Å². The average Bonchev–Trinajstić information content (AvgIpc) is 3.28. The van der Waals surface area contributed by atoms with Crippen LogP contribution < -0.4 is 4.74 Å². The van der Waals surface area contributed by atoms with Crippen molar-refractivity contribution in [3.63, 3.8) is 0 Å². The van der Waals surface area contributed by atoms with E-state index in [1.54, 1.807) is 23.5 Å². The van der Waals surface area contributed by atoms with E-state index < -0.39 is 0 Å². The summed E-state index contributed by atoms with van der Waals surface area (Å²) in [6.07, 6.45) is 1.87. The fourth-order valence-electron chi connectivity index (χ4n) is 3.54. The zero-order chi connectivity index (χ0) is 22.6. The first kappa shape index (κ1) is 20.8. The van der Waals surface area contributed by atoms with Gasteiger partial charge in [0.15, 0.2) is 0 Å². The molecule has 0 bridgehead atoms. The van der Waals surface area contributed by atoms with E-state index in [0.29, 0.717) is 5.75 Å². The summed E-state index contributed by atoms with van der Waals surface area (Å²) in [5.41, 5.74) is 6.07. The van der Waals surface area contributed by atoms with Gasteiger partial charge < -0.3 is 4.74 Å². The summed E-state index contributed by atoms with van der Waals surface area (Å²) >= 11 is 1.68. The first-order valence-corrected chi connectivity index (χ1v) is 11.4. The number of thiazole rings is 1. The number of para-hydroxylation sites is 2. The molecule has 0 aliphatic heterocycles. The Bertz CT molecular complexity index is 1420. The zero-order valence-electron chi connectivity index (χ0n) is 17.9. The number of hydrogen-bond donors (Lipinski definition) is 0. The summed E-state index contributed by atoms with van der Waals surface area (Å²) in [5.74, 6) is 0.220. The third kappa shape index (κ3) is 4.73. The summed E-state index contributed by atoms with van der Waals surface area (Å²) in [5, 5.41) is 0.969. The van der Waals surface area contributed by atoms with Crippen LogP contribution >= 0.6 is 11.3 Å². The van der Waals surface area contributed by atoms with Crippen LogP contribution in [-0.4, -0.2) is 17.2 Å². The van der Waals surface area contributed by atoms with Crippen LogP contribution in [-0.2, 0) is 4.79 Å². The van der Waals surface area contributed by atoms with Crippen LogP contribution in [0.2, 0.25) is 0 Å². The summed E-state index contributed by atoms with van der Waals surface area (Å²) in [7, 11) is 0. The second-order valence-electron chi connectivity index (χ2n) is 7.50. The molecule has 33 heavy (non-hydrogen) atoms. The number of benzene rings is 4. The number of nitrogens with zero attached hydrogens (tertiary/aromatic N) is 2. The van der Waals surface area contributed by atoms with E-state index in [1.165, 1.54) is 11.6 Å². The second-order valence-corrected chi connectivity index (χ2v) is 8.53. The molecule has 0 fully saturated rings. The molecular formula is C28H20N2O2S. The lowest BCUT2D eigenvalue weighted by Crippen LogP contribution is -2.00. The maximum atomic E-state index is 11.1. The smallest absolute Gasteiger partial charge is 0.308 e. The SMILES string of the molecule is CC(=O)Oc1ccc(-c2ccc(C=Nc3ccccc3-c3nc4ccccc4s3)cc2)cc1. The van der Waals surface area contributed by atoms with E-state index >= 15 is 0 Å². The van der Waals surface area contributed by atoms with Crippen molar-refractivity contribution >= 4 is 39.4 Å². The Kier molecular flexibility index (Phi) is 5.79. The molecule has 5 aromatic rings. The monoisotopic (exact) mass is 448 g/mol. The minimum atomic E-state index is -0.323. The van der Waals surface area contributed by atoms with Crippen LogP contribution in [0.5, 0.6) is 5.75 Å². The maximum absolute atomic E-state index is 11.1. The highest BCUT2D eigenvalue weighted by Gasteiger charge is 2.09. The molecule has 4 aromatic carbocycles. The molecule has 0 N–H and O–H groups in total. The summed E-state index contributed by atoms with van der Waals surface area (Å²) in [6.45, 7) is 1.39. The number of aromatic nitrogens is 1. The van der Waals surface area contributed by atoms with Crippen molar-refractivity contribution in [1.29, 1.82) is 0 Å². The highest BCUT2D eigenvalue weighted by atomic mass is 32.1. The zero-order valence-corrected chi connectivity index (χ0v) is 18.8. The van der Waals surface area contributed by atoms with Crippen molar-refractivity contribution in [3.05, 3.63) is 103 Å². The van der Waals surface area contributed by atoms with Gasteiger partial charge >= 0.3 is 5.97 Å². The fourth-order valence-corrected chi connectivity index (χ4v) is 4.54. The molecule has 0 saturated carbocycles. The molecule has 0 unspecified atom stereocenters. The molecule has 1 aromatic heterocycles. The largest absolute Gasteiger partial charge is 0.427 e. The molecule has 160 valence electrons. The molecule has 0 amide bonds. The Morgan fingerprint density at radius 1 is 0.848 bits per heavy atom. The number of fused-ring (bicyclic) bond motifs is 1. The average molecular weight is 449 g/mol. The minimum absolute atomic E-state index is 0.323. The summed E-state index contributed by atoms with van der Waals surface area (Å²) < 4.78 is 6.27. The normalized spacial score (nSPS) is 11.2. The third-order valence-electron chi connectivity index (χ3n) is 5.14. The van der Waals surface area contributed by atoms with E-state index in [4.69, 9.17) is 14.7 Å². The van der Waals surface area contributed by atoms with Crippen LogP contribution in [0.3, 0.4) is 0 Å². The van der Waals surface area contributed by atoms with E-state index in [-0.39, 0.29) is 5.97 Å². The molecule has 1 heterocycles. The van der Waals surface area contributed by atoms with Crippen LogP contribution in [0.15, 0.2) is 102 Å². The highest BCUT2D eigenvalue weighted by molar-refractivity contribution is 7.21. The number of esters is 1. The Labute approximate surface area is 195 Å².